The normalized spacial score (nSPS) is 15.7. The van der Waals surface area contributed by atoms with Crippen LogP contribution in [0.2, 0.25) is 0 Å². The molecule has 158 valence electrons. The number of fused-ring (bicyclic) bond motifs is 1. The molecule has 1 atom stereocenters. The third-order valence-corrected chi connectivity index (χ3v) is 5.88. The number of pyridine rings is 1. The van der Waals surface area contributed by atoms with Crippen LogP contribution in [0.15, 0.2) is 35.4 Å². The number of halogens is 2. The molecule has 0 aliphatic carbocycles. The number of sulfonamides is 1. The number of hydrogen-bond acceptors (Lipinski definition) is 6. The van der Waals surface area contributed by atoms with Gasteiger partial charge >= 0.3 is 6.03 Å². The Morgan fingerprint density at radius 1 is 1.27 bits per heavy atom. The lowest BCUT2D eigenvalue weighted by molar-refractivity contribution is -0.121. The van der Waals surface area contributed by atoms with Crippen molar-refractivity contribution in [3.05, 3.63) is 53.2 Å². The summed E-state index contributed by atoms with van der Waals surface area (Å²) in [4.78, 5) is 39.4. The van der Waals surface area contributed by atoms with Crippen molar-refractivity contribution in [2.75, 3.05) is 11.9 Å². The number of amides is 4. The van der Waals surface area contributed by atoms with E-state index in [0.717, 1.165) is 24.3 Å². The number of benzene rings is 1. The van der Waals surface area contributed by atoms with E-state index >= 15 is 0 Å². The fourth-order valence-electron chi connectivity index (χ4n) is 2.77. The standard InChI is InChI=1S/C17H15F2N5O5S/c1-8(10-3-2-9(18)6-11(10)19)21-14(25)7-24-17(27)23-13-5-4-12(15(20)26)22-16(13)30(24,28)29/h2-6,8H,7H2,1H3,(H2,20,26)(H,21,25)(H,23,27)/t8-/m0/s1. The second-order valence-electron chi connectivity index (χ2n) is 6.31. The number of aromatic nitrogens is 1. The van der Waals surface area contributed by atoms with Crippen LogP contribution in [-0.2, 0) is 14.8 Å². The Morgan fingerprint density at radius 3 is 2.60 bits per heavy atom. The van der Waals surface area contributed by atoms with E-state index in [1.165, 1.54) is 6.92 Å². The van der Waals surface area contributed by atoms with Gasteiger partial charge in [0.05, 0.1) is 11.7 Å². The van der Waals surface area contributed by atoms with Crippen LogP contribution in [0.1, 0.15) is 29.0 Å². The lowest BCUT2D eigenvalue weighted by Gasteiger charge is -2.28. The predicted molar refractivity (Wildman–Crippen MR) is 98.6 cm³/mol. The average molecular weight is 439 g/mol. The van der Waals surface area contributed by atoms with Crippen molar-refractivity contribution in [2.24, 2.45) is 5.73 Å². The molecular weight excluding hydrogens is 424 g/mol. The Morgan fingerprint density at radius 2 is 1.97 bits per heavy atom. The second-order valence-corrected chi connectivity index (χ2v) is 8.09. The van der Waals surface area contributed by atoms with Crippen LogP contribution >= 0.6 is 0 Å². The highest BCUT2D eigenvalue weighted by atomic mass is 32.2. The molecule has 1 aliphatic heterocycles. The quantitative estimate of drug-likeness (QED) is 0.629. The molecule has 0 spiro atoms. The molecule has 0 unspecified atom stereocenters. The number of rotatable bonds is 5. The molecule has 0 bridgehead atoms. The Labute approximate surface area is 169 Å². The van der Waals surface area contributed by atoms with Crippen LogP contribution in [0.5, 0.6) is 0 Å². The maximum atomic E-state index is 13.9. The summed E-state index contributed by atoms with van der Waals surface area (Å²) in [6.07, 6.45) is 0. The summed E-state index contributed by atoms with van der Waals surface area (Å²) in [5.74, 6) is -3.61. The van der Waals surface area contributed by atoms with E-state index in [-0.39, 0.29) is 21.2 Å². The van der Waals surface area contributed by atoms with E-state index in [4.69, 9.17) is 5.73 Å². The van der Waals surface area contributed by atoms with E-state index in [2.05, 4.69) is 15.6 Å². The fraction of sp³-hybridized carbons (Fsp3) is 0.176. The number of nitrogens with zero attached hydrogens (tertiary/aromatic N) is 2. The van der Waals surface area contributed by atoms with Gasteiger partial charge < -0.3 is 16.4 Å². The zero-order chi connectivity index (χ0) is 22.2. The van der Waals surface area contributed by atoms with E-state index in [1.54, 1.807) is 0 Å². The first-order valence-electron chi connectivity index (χ1n) is 8.39. The lowest BCUT2D eigenvalue weighted by atomic mass is 10.1. The van der Waals surface area contributed by atoms with Crippen molar-refractivity contribution in [2.45, 2.75) is 18.0 Å². The molecule has 0 saturated heterocycles. The summed E-state index contributed by atoms with van der Waals surface area (Å²) in [6.45, 7) is 0.457. The highest BCUT2D eigenvalue weighted by Crippen LogP contribution is 2.28. The molecule has 1 aromatic carbocycles. The Kier molecular flexibility index (Phi) is 5.39. The molecule has 2 aromatic rings. The van der Waals surface area contributed by atoms with Gasteiger partial charge in [-0.2, -0.15) is 8.42 Å². The van der Waals surface area contributed by atoms with E-state index in [0.29, 0.717) is 6.07 Å². The van der Waals surface area contributed by atoms with E-state index in [9.17, 15) is 31.6 Å². The minimum atomic E-state index is -4.58. The van der Waals surface area contributed by atoms with Crippen molar-refractivity contribution in [1.82, 2.24) is 14.6 Å². The molecule has 30 heavy (non-hydrogen) atoms. The van der Waals surface area contributed by atoms with Gasteiger partial charge in [0.15, 0.2) is 0 Å². The van der Waals surface area contributed by atoms with Gasteiger partial charge in [0.1, 0.15) is 23.9 Å². The average Bonchev–Trinajstić information content (AvgIpc) is 2.64. The number of anilines is 1. The summed E-state index contributed by atoms with van der Waals surface area (Å²) in [7, 11) is -4.58. The Balaban J connectivity index is 1.82. The largest absolute Gasteiger partial charge is 0.364 e. The zero-order valence-electron chi connectivity index (χ0n) is 15.3. The SMILES string of the molecule is C[C@H](NC(=O)CN1C(=O)Nc2ccc(C(N)=O)nc2S1(=O)=O)c1ccc(F)cc1F. The van der Waals surface area contributed by atoms with Gasteiger partial charge in [0.25, 0.3) is 15.9 Å². The van der Waals surface area contributed by atoms with Gasteiger partial charge in [-0.1, -0.05) is 6.07 Å². The smallest absolute Gasteiger partial charge is 0.336 e. The molecule has 4 N–H and O–H groups in total. The monoisotopic (exact) mass is 439 g/mol. The second kappa shape index (κ2) is 7.67. The van der Waals surface area contributed by atoms with Crippen LogP contribution in [-0.4, -0.2) is 42.1 Å². The molecular formula is C17H15F2N5O5S. The van der Waals surface area contributed by atoms with E-state index < -0.39 is 57.1 Å². The molecule has 0 radical (unpaired) electrons. The molecule has 4 amide bonds. The van der Waals surface area contributed by atoms with Gasteiger partial charge in [-0.25, -0.2) is 22.9 Å². The molecule has 2 heterocycles. The van der Waals surface area contributed by atoms with Gasteiger partial charge in [0, 0.05) is 11.6 Å². The maximum absolute atomic E-state index is 13.9. The summed E-state index contributed by atoms with van der Waals surface area (Å²) in [5, 5.41) is 3.93. The summed E-state index contributed by atoms with van der Waals surface area (Å²) < 4.78 is 52.6. The number of urea groups is 1. The van der Waals surface area contributed by atoms with E-state index in [1.807, 2.05) is 0 Å². The molecule has 1 aliphatic rings. The minimum Gasteiger partial charge on any atom is -0.364 e. The van der Waals surface area contributed by atoms with Gasteiger partial charge in [0.2, 0.25) is 10.9 Å². The van der Waals surface area contributed by atoms with Gasteiger partial charge in [-0.05, 0) is 25.1 Å². The van der Waals surface area contributed by atoms with Crippen molar-refractivity contribution < 1.29 is 31.6 Å². The summed E-state index contributed by atoms with van der Waals surface area (Å²) in [5.41, 5.74) is 4.53. The minimum absolute atomic E-state index is 0.0335. The van der Waals surface area contributed by atoms with Crippen LogP contribution < -0.4 is 16.4 Å². The number of primary amides is 1. The number of hydrogen-bond donors (Lipinski definition) is 3. The topological polar surface area (TPSA) is 152 Å². The first kappa shape index (κ1) is 21.1. The third kappa shape index (κ3) is 3.91. The highest BCUT2D eigenvalue weighted by molar-refractivity contribution is 7.89. The number of carbonyl (C=O) groups is 3. The van der Waals surface area contributed by atoms with Crippen molar-refractivity contribution >= 4 is 33.6 Å². The Hall–Kier alpha value is -3.61. The first-order chi connectivity index (χ1) is 14.0. The summed E-state index contributed by atoms with van der Waals surface area (Å²) in [6, 6.07) is 2.99. The van der Waals surface area contributed by atoms with Crippen molar-refractivity contribution in [3.8, 4) is 0 Å². The molecule has 1 aromatic heterocycles. The van der Waals surface area contributed by atoms with Crippen LogP contribution in [0.25, 0.3) is 0 Å². The van der Waals surface area contributed by atoms with Crippen molar-refractivity contribution in [3.63, 3.8) is 0 Å². The molecule has 10 nitrogen and oxygen atoms in total. The highest BCUT2D eigenvalue weighted by Gasteiger charge is 2.39. The number of carbonyl (C=O) groups excluding carboxylic acids is 3. The van der Waals surface area contributed by atoms with Crippen LogP contribution in [0.4, 0.5) is 19.3 Å². The molecule has 0 saturated carbocycles. The molecule has 13 heteroatoms. The van der Waals surface area contributed by atoms with Crippen LogP contribution in [0, 0.1) is 11.6 Å². The van der Waals surface area contributed by atoms with Gasteiger partial charge in [-0.3, -0.25) is 9.59 Å². The molecule has 3 rings (SSSR count). The number of nitrogens with two attached hydrogens (primary N) is 1. The third-order valence-electron chi connectivity index (χ3n) is 4.21. The first-order valence-corrected chi connectivity index (χ1v) is 9.83. The Bertz CT molecular complexity index is 1170. The molecule has 0 fully saturated rings. The zero-order valence-corrected chi connectivity index (χ0v) is 16.2. The maximum Gasteiger partial charge on any atom is 0.336 e. The van der Waals surface area contributed by atoms with Crippen LogP contribution in [0.3, 0.4) is 0 Å². The fourth-order valence-corrected chi connectivity index (χ4v) is 4.14. The predicted octanol–water partition coefficient (Wildman–Crippen LogP) is 0.872. The van der Waals surface area contributed by atoms with Crippen molar-refractivity contribution in [1.29, 1.82) is 0 Å². The number of nitrogens with one attached hydrogen (secondary N) is 2. The summed E-state index contributed by atoms with van der Waals surface area (Å²) >= 11 is 0. The van der Waals surface area contributed by atoms with Gasteiger partial charge in [-0.15, -0.1) is 0 Å². The lowest BCUT2D eigenvalue weighted by Crippen LogP contribution is -2.49.